The van der Waals surface area contributed by atoms with E-state index in [0.29, 0.717) is 34.6 Å². The third-order valence-corrected chi connectivity index (χ3v) is 12.1. The van der Waals surface area contributed by atoms with Gasteiger partial charge in [-0.2, -0.15) is 0 Å². The van der Waals surface area contributed by atoms with E-state index in [4.69, 9.17) is 10.5 Å². The largest absolute Gasteiger partial charge is 0.364 e. The lowest BCUT2D eigenvalue weighted by molar-refractivity contribution is -0.310. The monoisotopic (exact) mass is 430 g/mol. The number of nitrogens with two attached hydrogens (primary N) is 1. The van der Waals surface area contributed by atoms with Crippen molar-refractivity contribution in [3.05, 3.63) is 0 Å². The predicted octanol–water partition coefficient (Wildman–Crippen LogP) is 4.30. The Morgan fingerprint density at radius 2 is 1.74 bits per heavy atom. The molecule has 13 atom stereocenters. The normalized spacial score (nSPS) is 63.3. The van der Waals surface area contributed by atoms with Crippen LogP contribution in [0.2, 0.25) is 0 Å². The van der Waals surface area contributed by atoms with Crippen LogP contribution >= 0.6 is 0 Å². The predicted molar refractivity (Wildman–Crippen MR) is 123 cm³/mol. The van der Waals surface area contributed by atoms with Crippen molar-refractivity contribution in [1.82, 2.24) is 5.32 Å². The second-order valence-corrected chi connectivity index (χ2v) is 13.6. The van der Waals surface area contributed by atoms with E-state index in [-0.39, 0.29) is 12.1 Å². The standard InChI is InChI=1S/C27H46N2O2/c1-15-13-27(30)24(29-14-15)16(2)23-22(31-27)12-21-19-6-5-17-11-18(28)7-9-25(17,3)20(19)8-10-26(21,23)4/h15-24,29-30H,5-14,28H2,1-4H3/t15-,16+,17+,18+,19?,20?,21+,22?,23?,24?,25+,26+,27-/m1/s1. The summed E-state index contributed by atoms with van der Waals surface area (Å²) < 4.78 is 6.70. The minimum Gasteiger partial charge on any atom is -0.364 e. The van der Waals surface area contributed by atoms with Gasteiger partial charge in [0.2, 0.25) is 0 Å². The first kappa shape index (κ1) is 21.4. The number of aliphatic hydroxyl groups is 1. The molecule has 4 N–H and O–H groups in total. The zero-order valence-corrected chi connectivity index (χ0v) is 20.3. The molecule has 0 bridgehead atoms. The van der Waals surface area contributed by atoms with Gasteiger partial charge in [0.05, 0.1) is 12.1 Å². The van der Waals surface area contributed by atoms with Crippen LogP contribution in [0.1, 0.15) is 85.5 Å². The van der Waals surface area contributed by atoms with Crippen molar-refractivity contribution in [1.29, 1.82) is 0 Å². The highest BCUT2D eigenvalue weighted by atomic mass is 16.6. The maximum atomic E-state index is 11.6. The molecule has 31 heavy (non-hydrogen) atoms. The Labute approximate surface area is 189 Å². The third-order valence-electron chi connectivity index (χ3n) is 12.1. The number of fused-ring (bicyclic) bond motifs is 8. The fourth-order valence-electron chi connectivity index (χ4n) is 10.8. The summed E-state index contributed by atoms with van der Waals surface area (Å²) in [5.74, 6) is 3.88. The topological polar surface area (TPSA) is 67.5 Å². The molecule has 6 aliphatic rings. The van der Waals surface area contributed by atoms with Gasteiger partial charge in [0.15, 0.2) is 5.79 Å². The molecule has 6 rings (SSSR count). The molecule has 176 valence electrons. The van der Waals surface area contributed by atoms with Gasteiger partial charge < -0.3 is 20.9 Å². The molecule has 4 nitrogen and oxygen atoms in total. The van der Waals surface area contributed by atoms with E-state index in [0.717, 1.165) is 36.6 Å². The Kier molecular flexibility index (Phi) is 4.78. The minimum absolute atomic E-state index is 0.0892. The van der Waals surface area contributed by atoms with Crippen LogP contribution in [-0.2, 0) is 4.74 Å². The van der Waals surface area contributed by atoms with Crippen molar-refractivity contribution in [2.45, 2.75) is 109 Å². The molecule has 0 amide bonds. The molecule has 6 fully saturated rings. The molecule has 0 aromatic heterocycles. The van der Waals surface area contributed by atoms with Crippen LogP contribution in [0.3, 0.4) is 0 Å². The van der Waals surface area contributed by atoms with Gasteiger partial charge in [-0.05, 0) is 110 Å². The smallest absolute Gasteiger partial charge is 0.181 e. The fraction of sp³-hybridized carbons (Fsp3) is 1.00. The molecule has 5 unspecified atom stereocenters. The Morgan fingerprint density at radius 1 is 0.968 bits per heavy atom. The van der Waals surface area contributed by atoms with Crippen LogP contribution in [-0.4, -0.2) is 35.6 Å². The van der Waals surface area contributed by atoms with Gasteiger partial charge in [0.1, 0.15) is 0 Å². The summed E-state index contributed by atoms with van der Waals surface area (Å²) in [6, 6.07) is 0.525. The number of rotatable bonds is 0. The summed E-state index contributed by atoms with van der Waals surface area (Å²) in [5.41, 5.74) is 7.27. The lowest BCUT2D eigenvalue weighted by Gasteiger charge is -2.62. The third kappa shape index (κ3) is 2.87. The number of hydrogen-bond donors (Lipinski definition) is 3. The average Bonchev–Trinajstić information content (AvgIpc) is 2.99. The van der Waals surface area contributed by atoms with Crippen molar-refractivity contribution in [2.24, 2.45) is 58.0 Å². The number of hydrogen-bond acceptors (Lipinski definition) is 4. The number of ether oxygens (including phenoxy) is 1. The highest BCUT2D eigenvalue weighted by Gasteiger charge is 2.67. The van der Waals surface area contributed by atoms with E-state index in [9.17, 15) is 5.11 Å². The van der Waals surface area contributed by atoms with E-state index in [1.807, 2.05) is 0 Å². The molecule has 0 aromatic rings. The van der Waals surface area contributed by atoms with Gasteiger partial charge in [0.25, 0.3) is 0 Å². The fourth-order valence-corrected chi connectivity index (χ4v) is 10.8. The molecule has 4 aliphatic carbocycles. The van der Waals surface area contributed by atoms with E-state index < -0.39 is 5.79 Å². The zero-order chi connectivity index (χ0) is 21.8. The molecular formula is C27H46N2O2. The Bertz CT molecular complexity index is 730. The van der Waals surface area contributed by atoms with Crippen molar-refractivity contribution in [2.75, 3.05) is 6.54 Å². The van der Waals surface area contributed by atoms with E-state index in [1.54, 1.807) is 0 Å². The molecule has 2 aliphatic heterocycles. The minimum atomic E-state index is -0.968. The molecule has 4 saturated carbocycles. The molecule has 0 aromatic carbocycles. The molecule has 4 heteroatoms. The second kappa shape index (κ2) is 6.93. The van der Waals surface area contributed by atoms with Gasteiger partial charge in [-0.1, -0.05) is 27.7 Å². The Morgan fingerprint density at radius 3 is 2.55 bits per heavy atom. The van der Waals surface area contributed by atoms with Gasteiger partial charge in [-0.3, -0.25) is 0 Å². The van der Waals surface area contributed by atoms with Crippen molar-refractivity contribution in [3.8, 4) is 0 Å². The van der Waals surface area contributed by atoms with E-state index in [2.05, 4.69) is 33.0 Å². The molecular weight excluding hydrogens is 384 g/mol. The summed E-state index contributed by atoms with van der Waals surface area (Å²) in [6.07, 6.45) is 11.5. The maximum Gasteiger partial charge on any atom is 0.181 e. The van der Waals surface area contributed by atoms with Crippen molar-refractivity contribution >= 4 is 0 Å². The van der Waals surface area contributed by atoms with Crippen LogP contribution in [0.5, 0.6) is 0 Å². The number of piperidine rings is 1. The highest BCUT2D eigenvalue weighted by Crippen LogP contribution is 2.69. The SMILES string of the molecule is C[C@H]1CNC2[C@@H](C)C3C(C[C@H]4C5CC[C@H]6C[C@@H](N)CC[C@]6(C)C5CC[C@]34C)O[C@]2(O)C1. The maximum absolute atomic E-state index is 11.6. The molecule has 0 spiro atoms. The summed E-state index contributed by atoms with van der Waals surface area (Å²) in [4.78, 5) is 0. The quantitative estimate of drug-likeness (QED) is 0.536. The summed E-state index contributed by atoms with van der Waals surface area (Å²) >= 11 is 0. The van der Waals surface area contributed by atoms with Gasteiger partial charge >= 0.3 is 0 Å². The van der Waals surface area contributed by atoms with Crippen LogP contribution in [0.15, 0.2) is 0 Å². The first-order chi connectivity index (χ1) is 14.7. The summed E-state index contributed by atoms with van der Waals surface area (Å²) in [6.45, 7) is 10.9. The van der Waals surface area contributed by atoms with E-state index in [1.165, 1.54) is 51.4 Å². The molecule has 2 heterocycles. The van der Waals surface area contributed by atoms with Gasteiger partial charge in [-0.25, -0.2) is 0 Å². The zero-order valence-electron chi connectivity index (χ0n) is 20.3. The average molecular weight is 431 g/mol. The Hall–Kier alpha value is -0.160. The Balaban J connectivity index is 1.30. The van der Waals surface area contributed by atoms with E-state index >= 15 is 0 Å². The van der Waals surface area contributed by atoms with Crippen molar-refractivity contribution in [3.63, 3.8) is 0 Å². The first-order valence-corrected chi connectivity index (χ1v) is 13.5. The molecule has 0 radical (unpaired) electrons. The van der Waals surface area contributed by atoms with Crippen LogP contribution in [0.4, 0.5) is 0 Å². The lowest BCUT2D eigenvalue weighted by atomic mass is 9.44. The number of nitrogens with one attached hydrogen (secondary N) is 1. The van der Waals surface area contributed by atoms with Crippen molar-refractivity contribution < 1.29 is 9.84 Å². The van der Waals surface area contributed by atoms with Gasteiger partial charge in [-0.15, -0.1) is 0 Å². The summed E-state index contributed by atoms with van der Waals surface area (Å²) in [7, 11) is 0. The van der Waals surface area contributed by atoms with Gasteiger partial charge in [0, 0.05) is 12.5 Å². The van der Waals surface area contributed by atoms with Crippen LogP contribution in [0, 0.1) is 52.3 Å². The molecule has 2 saturated heterocycles. The van der Waals surface area contributed by atoms with Crippen LogP contribution < -0.4 is 11.1 Å². The first-order valence-electron chi connectivity index (χ1n) is 13.5. The highest BCUT2D eigenvalue weighted by molar-refractivity contribution is 5.15. The summed E-state index contributed by atoms with van der Waals surface area (Å²) in [5, 5.41) is 15.3. The lowest BCUT2D eigenvalue weighted by Crippen LogP contribution is -2.68. The second-order valence-electron chi connectivity index (χ2n) is 13.6. The van der Waals surface area contributed by atoms with Crippen LogP contribution in [0.25, 0.3) is 0 Å².